The van der Waals surface area contributed by atoms with Crippen molar-refractivity contribution in [1.29, 1.82) is 0 Å². The summed E-state index contributed by atoms with van der Waals surface area (Å²) < 4.78 is 17.4. The number of carbonyl (C=O) groups is 2. The fourth-order valence-corrected chi connectivity index (χ4v) is 5.22. The number of allylic oxidation sites excluding steroid dienone is 1. The number of fused-ring (bicyclic) bond motifs is 3. The molecule has 166 valence electrons. The normalized spacial score (nSPS) is 27.6. The van der Waals surface area contributed by atoms with E-state index in [0.29, 0.717) is 35.6 Å². The van der Waals surface area contributed by atoms with Crippen molar-refractivity contribution in [2.24, 2.45) is 17.8 Å². The minimum absolute atomic E-state index is 0.199. The summed E-state index contributed by atoms with van der Waals surface area (Å²) in [5, 5.41) is 20.3. The van der Waals surface area contributed by atoms with Crippen LogP contribution in [0.5, 0.6) is 5.75 Å². The first kappa shape index (κ1) is 21.0. The summed E-state index contributed by atoms with van der Waals surface area (Å²) in [5.74, 6) is -0.278. The maximum Gasteiger partial charge on any atom is 0.487 e. The second-order valence-electron chi connectivity index (χ2n) is 8.51. The highest BCUT2D eigenvalue weighted by Gasteiger charge is 2.57. The number of amides is 2. The number of carbonyl (C=O) groups excluding carboxylic acids is 2. The summed E-state index contributed by atoms with van der Waals surface area (Å²) in [6.07, 6.45) is 0.134. The Morgan fingerprint density at radius 3 is 2.62 bits per heavy atom. The van der Waals surface area contributed by atoms with Gasteiger partial charge in [-0.15, -0.1) is 0 Å². The molecule has 2 aliphatic heterocycles. The molecule has 3 aliphatic rings. The van der Waals surface area contributed by atoms with Crippen molar-refractivity contribution in [2.45, 2.75) is 25.6 Å². The van der Waals surface area contributed by atoms with Gasteiger partial charge in [-0.25, -0.2) is 0 Å². The van der Waals surface area contributed by atoms with Crippen LogP contribution in [0.2, 0.25) is 0 Å². The first-order valence-corrected chi connectivity index (χ1v) is 10.7. The molecule has 2 amide bonds. The lowest BCUT2D eigenvalue weighted by atomic mass is 9.55. The van der Waals surface area contributed by atoms with E-state index < -0.39 is 25.1 Å². The Kier molecular flexibility index (Phi) is 5.40. The highest BCUT2D eigenvalue weighted by atomic mass is 16.5. The average molecular weight is 437 g/mol. The van der Waals surface area contributed by atoms with Gasteiger partial charge in [0.1, 0.15) is 36.6 Å². The number of hydrogen-bond acceptors (Lipinski definition) is 7. The van der Waals surface area contributed by atoms with E-state index >= 15 is 0 Å². The van der Waals surface area contributed by atoms with Gasteiger partial charge in [0.05, 0.1) is 11.8 Å². The summed E-state index contributed by atoms with van der Waals surface area (Å²) in [5.41, 5.74) is 1.42. The summed E-state index contributed by atoms with van der Waals surface area (Å²) in [6.45, 7) is -0.0436. The van der Waals surface area contributed by atoms with Crippen molar-refractivity contribution >= 4 is 18.9 Å². The van der Waals surface area contributed by atoms with Crippen LogP contribution in [0, 0.1) is 17.8 Å². The van der Waals surface area contributed by atoms with Gasteiger partial charge in [0.2, 0.25) is 11.8 Å². The molecule has 2 fully saturated rings. The molecular formula is C23H24BNO7. The first-order valence-electron chi connectivity index (χ1n) is 10.7. The van der Waals surface area contributed by atoms with E-state index in [1.165, 1.54) is 11.9 Å². The molecule has 1 aromatic heterocycles. The van der Waals surface area contributed by atoms with Gasteiger partial charge in [0.15, 0.2) is 0 Å². The third-order valence-corrected chi connectivity index (χ3v) is 6.74. The molecule has 9 heteroatoms. The van der Waals surface area contributed by atoms with Gasteiger partial charge in [-0.1, -0.05) is 18.2 Å². The molecule has 0 unspecified atom stereocenters. The van der Waals surface area contributed by atoms with Crippen molar-refractivity contribution in [2.75, 3.05) is 13.7 Å². The standard InChI is InChI=1S/C23H24BNO7/c1-25-22(27)17-9-13(12-30-14-5-3-2-4-6-14)21-16(20(17)23(25)28)10-19(32-24(21)29)18-8-7-15(11-26)31-18/h2-8,16-17,19-20,26,29H,9-12H2,1H3/t16-,17-,19-,20+/m0/s1. The van der Waals surface area contributed by atoms with Gasteiger partial charge in [0.25, 0.3) is 0 Å². The number of para-hydroxylation sites is 1. The molecule has 0 spiro atoms. The topological polar surface area (TPSA) is 109 Å². The lowest BCUT2D eigenvalue weighted by Crippen LogP contribution is -2.45. The highest BCUT2D eigenvalue weighted by Crippen LogP contribution is 2.51. The number of benzene rings is 1. The second kappa shape index (κ2) is 8.24. The van der Waals surface area contributed by atoms with Crippen molar-refractivity contribution in [3.8, 4) is 5.75 Å². The largest absolute Gasteiger partial charge is 0.489 e. The monoisotopic (exact) mass is 437 g/mol. The number of ether oxygens (including phenoxy) is 1. The molecule has 0 bridgehead atoms. The van der Waals surface area contributed by atoms with E-state index in [9.17, 15) is 19.7 Å². The SMILES string of the molecule is CN1C(=O)[C@H]2[C@H](CC(COc3ccccc3)=C3B(O)O[C@H](c4ccc(CO)o4)C[C@H]32)C1=O. The quantitative estimate of drug-likeness (QED) is 0.543. The van der Waals surface area contributed by atoms with Crippen LogP contribution in [-0.4, -0.2) is 47.6 Å². The Balaban J connectivity index is 1.49. The van der Waals surface area contributed by atoms with Gasteiger partial charge in [-0.3, -0.25) is 14.5 Å². The molecule has 2 N–H and O–H groups in total. The summed E-state index contributed by atoms with van der Waals surface area (Å²) >= 11 is 0. The smallest absolute Gasteiger partial charge is 0.487 e. The predicted octanol–water partition coefficient (Wildman–Crippen LogP) is 1.88. The molecule has 0 saturated carbocycles. The number of imide groups is 1. The van der Waals surface area contributed by atoms with Crippen LogP contribution in [0.3, 0.4) is 0 Å². The van der Waals surface area contributed by atoms with E-state index in [1.54, 1.807) is 12.1 Å². The summed E-state index contributed by atoms with van der Waals surface area (Å²) in [7, 11) is 0.265. The third-order valence-electron chi connectivity index (χ3n) is 6.74. The summed E-state index contributed by atoms with van der Waals surface area (Å²) in [6, 6.07) is 12.7. The predicted molar refractivity (Wildman–Crippen MR) is 113 cm³/mol. The Morgan fingerprint density at radius 2 is 1.91 bits per heavy atom. The summed E-state index contributed by atoms with van der Waals surface area (Å²) in [4.78, 5) is 27.0. The van der Waals surface area contributed by atoms with Gasteiger partial charge in [-0.05, 0) is 54.1 Å². The molecule has 1 aromatic carbocycles. The number of aliphatic hydroxyl groups is 1. The lowest BCUT2D eigenvalue weighted by molar-refractivity contribution is -0.138. The van der Waals surface area contributed by atoms with Crippen LogP contribution < -0.4 is 4.74 Å². The molecule has 8 nitrogen and oxygen atoms in total. The van der Waals surface area contributed by atoms with E-state index in [2.05, 4.69) is 0 Å². The van der Waals surface area contributed by atoms with Crippen molar-refractivity contribution in [3.05, 3.63) is 65.0 Å². The van der Waals surface area contributed by atoms with Crippen LogP contribution in [0.1, 0.15) is 30.5 Å². The molecule has 1 aliphatic carbocycles. The number of furan rings is 1. The van der Waals surface area contributed by atoms with Crippen LogP contribution in [0.4, 0.5) is 0 Å². The molecule has 0 radical (unpaired) electrons. The number of rotatable bonds is 5. The van der Waals surface area contributed by atoms with Gasteiger partial charge < -0.3 is 23.9 Å². The maximum absolute atomic E-state index is 13.0. The van der Waals surface area contributed by atoms with Gasteiger partial charge >= 0.3 is 7.12 Å². The fraction of sp³-hybridized carbons (Fsp3) is 0.391. The average Bonchev–Trinajstić information content (AvgIpc) is 3.38. The molecule has 32 heavy (non-hydrogen) atoms. The van der Waals surface area contributed by atoms with Crippen LogP contribution >= 0.6 is 0 Å². The van der Waals surface area contributed by atoms with E-state index in [0.717, 1.165) is 5.57 Å². The van der Waals surface area contributed by atoms with Crippen molar-refractivity contribution in [3.63, 3.8) is 0 Å². The van der Waals surface area contributed by atoms with E-state index in [4.69, 9.17) is 13.8 Å². The number of likely N-dealkylation sites (tertiary alicyclic amines) is 1. The van der Waals surface area contributed by atoms with E-state index in [-0.39, 0.29) is 30.9 Å². The Bertz CT molecular complexity index is 1070. The maximum atomic E-state index is 13.0. The fourth-order valence-electron chi connectivity index (χ4n) is 5.22. The zero-order valence-corrected chi connectivity index (χ0v) is 17.6. The molecule has 2 saturated heterocycles. The number of hydrogen-bond donors (Lipinski definition) is 2. The Hall–Kier alpha value is -2.88. The van der Waals surface area contributed by atoms with Crippen LogP contribution in [0.15, 0.2) is 57.9 Å². The lowest BCUT2D eigenvalue weighted by Gasteiger charge is -2.41. The van der Waals surface area contributed by atoms with Gasteiger partial charge in [0, 0.05) is 7.05 Å². The van der Waals surface area contributed by atoms with Gasteiger partial charge in [-0.2, -0.15) is 0 Å². The zero-order chi connectivity index (χ0) is 22.4. The molecule has 4 atom stereocenters. The van der Waals surface area contributed by atoms with Crippen molar-refractivity contribution < 1.29 is 33.5 Å². The number of aliphatic hydroxyl groups excluding tert-OH is 1. The second-order valence-corrected chi connectivity index (χ2v) is 8.51. The third kappa shape index (κ3) is 3.46. The van der Waals surface area contributed by atoms with E-state index in [1.807, 2.05) is 30.3 Å². The van der Waals surface area contributed by atoms with Crippen molar-refractivity contribution in [1.82, 2.24) is 4.90 Å². The first-order chi connectivity index (χ1) is 15.5. The van der Waals surface area contributed by atoms with Crippen LogP contribution in [-0.2, 0) is 20.9 Å². The Morgan fingerprint density at radius 1 is 1.12 bits per heavy atom. The molecule has 3 heterocycles. The minimum Gasteiger partial charge on any atom is -0.489 e. The molecular weight excluding hydrogens is 413 g/mol. The molecule has 2 aromatic rings. The zero-order valence-electron chi connectivity index (χ0n) is 17.6. The molecule has 5 rings (SSSR count). The highest BCUT2D eigenvalue weighted by molar-refractivity contribution is 6.53. The van der Waals surface area contributed by atoms with Crippen LogP contribution in [0.25, 0.3) is 0 Å². The Labute approximate surface area is 185 Å². The number of nitrogens with zero attached hydrogens (tertiary/aromatic N) is 1. The minimum atomic E-state index is -1.24.